The third kappa shape index (κ3) is 4.61. The first-order valence-electron chi connectivity index (χ1n) is 8.80. The topological polar surface area (TPSA) is 44.8 Å². The van der Waals surface area contributed by atoms with E-state index in [0.29, 0.717) is 35.3 Å². The first-order valence-corrected chi connectivity index (χ1v) is 9.62. The van der Waals surface area contributed by atoms with Crippen LogP contribution < -0.4 is 5.32 Å². The molecule has 7 heteroatoms. The highest BCUT2D eigenvalue weighted by Crippen LogP contribution is 2.19. The number of anilines is 1. The molecule has 0 aromatic heterocycles. The molecule has 27 heavy (non-hydrogen) atoms. The van der Waals surface area contributed by atoms with Gasteiger partial charge in [-0.3, -0.25) is 4.90 Å². The molecule has 0 spiro atoms. The molecule has 140 valence electrons. The van der Waals surface area contributed by atoms with E-state index in [2.05, 4.69) is 5.32 Å². The van der Waals surface area contributed by atoms with Crippen molar-refractivity contribution in [1.29, 1.82) is 0 Å². The third-order valence-corrected chi connectivity index (χ3v) is 5.04. The summed E-state index contributed by atoms with van der Waals surface area (Å²) in [5.41, 5.74) is 1.44. The molecule has 2 aromatic rings. The number of nitrogens with zero attached hydrogens (tertiary/aromatic N) is 2. The number of carbonyl (C=O) groups is 1. The second-order valence-electron chi connectivity index (χ2n) is 6.06. The summed E-state index contributed by atoms with van der Waals surface area (Å²) in [6.07, 6.45) is 0.209. The van der Waals surface area contributed by atoms with E-state index in [1.165, 1.54) is 0 Å². The Morgan fingerprint density at radius 2 is 1.74 bits per heavy atom. The average Bonchev–Trinajstić information content (AvgIpc) is 3.08. The zero-order valence-electron chi connectivity index (χ0n) is 15.0. The van der Waals surface area contributed by atoms with Gasteiger partial charge in [0.15, 0.2) is 16.5 Å². The lowest BCUT2D eigenvalue weighted by Crippen LogP contribution is -2.43. The van der Waals surface area contributed by atoms with Crippen molar-refractivity contribution < 1.29 is 9.53 Å². The predicted molar refractivity (Wildman–Crippen MR) is 115 cm³/mol. The van der Waals surface area contributed by atoms with Crippen LogP contribution in [0.25, 0.3) is 0 Å². The maximum absolute atomic E-state index is 12.4. The van der Waals surface area contributed by atoms with E-state index in [1.54, 1.807) is 12.1 Å². The van der Waals surface area contributed by atoms with Crippen molar-refractivity contribution in [2.75, 3.05) is 18.4 Å². The lowest BCUT2D eigenvalue weighted by molar-refractivity contribution is -0.00540. The molecule has 1 aliphatic rings. The van der Waals surface area contributed by atoms with Crippen molar-refractivity contribution in [2.45, 2.75) is 19.6 Å². The molecule has 0 bridgehead atoms. The summed E-state index contributed by atoms with van der Waals surface area (Å²) in [6, 6.07) is 18.7. The minimum absolute atomic E-state index is 0.353. The molecule has 0 saturated carbocycles. The van der Waals surface area contributed by atoms with Crippen molar-refractivity contribution >= 4 is 46.3 Å². The molecule has 0 amide bonds. The van der Waals surface area contributed by atoms with Gasteiger partial charge in [0.05, 0.1) is 5.56 Å². The second kappa shape index (κ2) is 8.92. The Labute approximate surface area is 169 Å². The number of rotatable bonds is 5. The molecule has 1 heterocycles. The van der Waals surface area contributed by atoms with Crippen LogP contribution in [-0.4, -0.2) is 45.3 Å². The molecule has 2 aromatic carbocycles. The van der Waals surface area contributed by atoms with Gasteiger partial charge in [0.2, 0.25) is 0 Å². The molecule has 1 aliphatic heterocycles. The predicted octanol–water partition coefficient (Wildman–Crippen LogP) is 3.88. The summed E-state index contributed by atoms with van der Waals surface area (Å²) >= 11 is 11.1. The van der Waals surface area contributed by atoms with Crippen molar-refractivity contribution in [3.05, 3.63) is 66.2 Å². The van der Waals surface area contributed by atoms with E-state index in [-0.39, 0.29) is 5.97 Å². The molecule has 1 atom stereocenters. The zero-order valence-corrected chi connectivity index (χ0v) is 16.6. The summed E-state index contributed by atoms with van der Waals surface area (Å²) in [7, 11) is 0. The van der Waals surface area contributed by atoms with E-state index in [1.807, 2.05) is 65.3 Å². The van der Waals surface area contributed by atoms with E-state index in [4.69, 9.17) is 29.2 Å². The summed E-state index contributed by atoms with van der Waals surface area (Å²) in [6.45, 7) is 3.27. The first kappa shape index (κ1) is 19.3. The van der Waals surface area contributed by atoms with Crippen LogP contribution >= 0.6 is 24.4 Å². The van der Waals surface area contributed by atoms with Crippen molar-refractivity contribution in [3.63, 3.8) is 0 Å². The maximum atomic E-state index is 12.4. The Balaban J connectivity index is 1.63. The van der Waals surface area contributed by atoms with Gasteiger partial charge in [-0.15, -0.1) is 0 Å². The van der Waals surface area contributed by atoms with Crippen LogP contribution in [0.4, 0.5) is 5.69 Å². The lowest BCUT2D eigenvalue weighted by atomic mass is 10.2. The highest BCUT2D eigenvalue weighted by molar-refractivity contribution is 7.82. The van der Waals surface area contributed by atoms with Crippen LogP contribution in [0, 0.1) is 0 Å². The van der Waals surface area contributed by atoms with Gasteiger partial charge in [0.25, 0.3) is 0 Å². The largest absolute Gasteiger partial charge is 0.438 e. The number of carbonyl (C=O) groups excluding carboxylic acids is 1. The molecular weight excluding hydrogens is 378 g/mol. The Morgan fingerprint density at radius 3 is 2.37 bits per heavy atom. The van der Waals surface area contributed by atoms with Crippen molar-refractivity contribution in [2.24, 2.45) is 0 Å². The Morgan fingerprint density at radius 1 is 1.11 bits per heavy atom. The van der Waals surface area contributed by atoms with Crippen LogP contribution in [0.5, 0.6) is 0 Å². The third-order valence-electron chi connectivity index (χ3n) is 4.26. The SMILES string of the molecule is CCC(OC(=O)c1ccccc1)N1CCN(C(=S)Nc2ccccc2)C1=S. The summed E-state index contributed by atoms with van der Waals surface area (Å²) in [4.78, 5) is 16.2. The smallest absolute Gasteiger partial charge is 0.340 e. The highest BCUT2D eigenvalue weighted by atomic mass is 32.1. The van der Waals surface area contributed by atoms with Crippen LogP contribution in [0.1, 0.15) is 23.7 Å². The van der Waals surface area contributed by atoms with Gasteiger partial charge in [-0.05, 0) is 48.7 Å². The molecule has 1 N–H and O–H groups in total. The summed E-state index contributed by atoms with van der Waals surface area (Å²) in [5.74, 6) is -0.353. The number of thiocarbonyl (C=S) groups is 2. The molecule has 5 nitrogen and oxygen atoms in total. The maximum Gasteiger partial charge on any atom is 0.340 e. The van der Waals surface area contributed by atoms with Crippen LogP contribution in [0.3, 0.4) is 0 Å². The van der Waals surface area contributed by atoms with Crippen LogP contribution in [-0.2, 0) is 4.74 Å². The lowest BCUT2D eigenvalue weighted by Gasteiger charge is -2.29. The van der Waals surface area contributed by atoms with Gasteiger partial charge < -0.3 is 15.0 Å². The van der Waals surface area contributed by atoms with Gasteiger partial charge >= 0.3 is 5.97 Å². The van der Waals surface area contributed by atoms with E-state index >= 15 is 0 Å². The Bertz CT molecular complexity index is 814. The van der Waals surface area contributed by atoms with Gasteiger partial charge in [0.1, 0.15) is 0 Å². The quantitative estimate of drug-likeness (QED) is 0.605. The number of hydrogen-bond donors (Lipinski definition) is 1. The van der Waals surface area contributed by atoms with E-state index < -0.39 is 6.23 Å². The Kier molecular flexibility index (Phi) is 6.36. The molecule has 0 radical (unpaired) electrons. The molecule has 3 rings (SSSR count). The van der Waals surface area contributed by atoms with E-state index in [9.17, 15) is 4.79 Å². The number of para-hydroxylation sites is 1. The molecule has 0 aliphatic carbocycles. The number of nitrogens with one attached hydrogen (secondary N) is 1. The van der Waals surface area contributed by atoms with Crippen LogP contribution in [0.15, 0.2) is 60.7 Å². The fourth-order valence-electron chi connectivity index (χ4n) is 2.86. The standard InChI is InChI=1S/C20H21N3O2S2/c1-2-17(25-18(24)15-9-5-3-6-10-15)22-13-14-23(20(22)27)19(26)21-16-11-7-4-8-12-16/h3-12,17H,2,13-14H2,1H3,(H,21,26). The normalized spacial score (nSPS) is 14.8. The van der Waals surface area contributed by atoms with Gasteiger partial charge in [-0.2, -0.15) is 0 Å². The number of ether oxygens (including phenoxy) is 1. The van der Waals surface area contributed by atoms with Gasteiger partial charge in [-0.1, -0.05) is 43.3 Å². The summed E-state index contributed by atoms with van der Waals surface area (Å²) in [5, 5.41) is 4.30. The monoisotopic (exact) mass is 399 g/mol. The molecule has 1 saturated heterocycles. The fourth-order valence-corrected chi connectivity index (χ4v) is 3.60. The molecule has 1 unspecified atom stereocenters. The number of esters is 1. The zero-order chi connectivity index (χ0) is 19.2. The fraction of sp³-hybridized carbons (Fsp3) is 0.250. The average molecular weight is 400 g/mol. The number of benzene rings is 2. The second-order valence-corrected chi connectivity index (χ2v) is 6.81. The van der Waals surface area contributed by atoms with Gasteiger partial charge in [0, 0.05) is 25.2 Å². The van der Waals surface area contributed by atoms with Crippen molar-refractivity contribution in [1.82, 2.24) is 9.80 Å². The van der Waals surface area contributed by atoms with Crippen LogP contribution in [0.2, 0.25) is 0 Å². The minimum Gasteiger partial charge on any atom is -0.438 e. The first-order chi connectivity index (χ1) is 13.1. The number of hydrogen-bond acceptors (Lipinski definition) is 4. The van der Waals surface area contributed by atoms with Gasteiger partial charge in [-0.25, -0.2) is 4.79 Å². The summed E-state index contributed by atoms with van der Waals surface area (Å²) < 4.78 is 5.70. The van der Waals surface area contributed by atoms with Crippen molar-refractivity contribution in [3.8, 4) is 0 Å². The Hall–Kier alpha value is -2.51. The molecule has 1 fully saturated rings. The molecular formula is C20H21N3O2S2. The highest BCUT2D eigenvalue weighted by Gasteiger charge is 2.33. The minimum atomic E-state index is -0.422. The van der Waals surface area contributed by atoms with E-state index in [0.717, 1.165) is 5.69 Å².